The van der Waals surface area contributed by atoms with Crippen LogP contribution in [0.25, 0.3) is 0 Å². The highest BCUT2D eigenvalue weighted by molar-refractivity contribution is 7.92. The second-order valence-corrected chi connectivity index (χ2v) is 7.58. The van der Waals surface area contributed by atoms with Crippen LogP contribution in [0.5, 0.6) is 0 Å². The Hall–Kier alpha value is -2.67. The summed E-state index contributed by atoms with van der Waals surface area (Å²) in [7, 11) is -3.81. The molecule has 0 radical (unpaired) electrons. The number of anilines is 1. The molecule has 0 heterocycles. The van der Waals surface area contributed by atoms with Gasteiger partial charge in [0, 0.05) is 22.9 Å². The molecule has 0 aliphatic carbocycles. The van der Waals surface area contributed by atoms with Gasteiger partial charge >= 0.3 is 0 Å². The smallest absolute Gasteiger partial charge is 0.261 e. The van der Waals surface area contributed by atoms with Gasteiger partial charge in [-0.05, 0) is 57.2 Å². The number of rotatable bonds is 6. The molecule has 25 heavy (non-hydrogen) atoms. The predicted octanol–water partition coefficient (Wildman–Crippen LogP) is 2.83. The molecule has 132 valence electrons. The van der Waals surface area contributed by atoms with Gasteiger partial charge in [-0.1, -0.05) is 12.1 Å². The summed E-state index contributed by atoms with van der Waals surface area (Å²) in [4.78, 5) is 23.3. The van der Waals surface area contributed by atoms with Crippen LogP contribution < -0.4 is 10.0 Å². The van der Waals surface area contributed by atoms with Crippen molar-refractivity contribution in [3.63, 3.8) is 0 Å². The molecule has 0 aromatic heterocycles. The van der Waals surface area contributed by atoms with Crippen LogP contribution >= 0.6 is 0 Å². The Labute approximate surface area is 147 Å². The van der Waals surface area contributed by atoms with Crippen LogP contribution in [0.4, 0.5) is 5.69 Å². The van der Waals surface area contributed by atoms with E-state index in [9.17, 15) is 18.0 Å². The Morgan fingerprint density at radius 1 is 0.960 bits per heavy atom. The third-order valence-electron chi connectivity index (χ3n) is 3.37. The van der Waals surface area contributed by atoms with Crippen molar-refractivity contribution in [3.8, 4) is 0 Å². The molecule has 0 aliphatic rings. The molecular weight excluding hydrogens is 340 g/mol. The van der Waals surface area contributed by atoms with E-state index >= 15 is 0 Å². The molecule has 7 heteroatoms. The molecule has 0 saturated carbocycles. The van der Waals surface area contributed by atoms with Crippen LogP contribution in [0.2, 0.25) is 0 Å². The molecule has 1 amide bonds. The van der Waals surface area contributed by atoms with Crippen LogP contribution in [0.1, 0.15) is 41.5 Å². The van der Waals surface area contributed by atoms with Gasteiger partial charge in [-0.15, -0.1) is 0 Å². The van der Waals surface area contributed by atoms with Crippen molar-refractivity contribution in [2.75, 3.05) is 4.72 Å². The van der Waals surface area contributed by atoms with E-state index in [1.165, 1.54) is 37.3 Å². The van der Waals surface area contributed by atoms with Gasteiger partial charge in [-0.25, -0.2) is 8.42 Å². The highest BCUT2D eigenvalue weighted by atomic mass is 32.2. The van der Waals surface area contributed by atoms with Gasteiger partial charge in [-0.3, -0.25) is 14.3 Å². The molecule has 0 atom stereocenters. The zero-order valence-corrected chi connectivity index (χ0v) is 15.1. The lowest BCUT2D eigenvalue weighted by Gasteiger charge is -2.11. The highest BCUT2D eigenvalue weighted by Gasteiger charge is 2.16. The quantitative estimate of drug-likeness (QED) is 0.775. The molecule has 0 fully saturated rings. The van der Waals surface area contributed by atoms with Gasteiger partial charge in [0.25, 0.3) is 15.9 Å². The van der Waals surface area contributed by atoms with Gasteiger partial charge in [0.15, 0.2) is 5.78 Å². The van der Waals surface area contributed by atoms with E-state index < -0.39 is 10.0 Å². The molecule has 0 saturated heterocycles. The average Bonchev–Trinajstić information content (AvgIpc) is 2.54. The zero-order chi connectivity index (χ0) is 18.6. The van der Waals surface area contributed by atoms with Gasteiger partial charge < -0.3 is 5.32 Å². The number of benzene rings is 2. The number of ketones is 1. The fraction of sp³-hybridized carbons (Fsp3) is 0.222. The molecule has 0 aliphatic heterocycles. The standard InChI is InChI=1S/C18H20N2O4S/c1-12(2)19-18(22)14-7-9-17(10-8-14)25(23,24)20-16-6-4-5-15(11-16)13(3)21/h4-12,20H,1-3H3,(H,19,22). The molecule has 6 nitrogen and oxygen atoms in total. The van der Waals surface area contributed by atoms with Crippen molar-refractivity contribution in [1.29, 1.82) is 0 Å². The van der Waals surface area contributed by atoms with Gasteiger partial charge in [-0.2, -0.15) is 0 Å². The van der Waals surface area contributed by atoms with Crippen molar-refractivity contribution in [3.05, 3.63) is 59.7 Å². The first-order chi connectivity index (χ1) is 11.7. The number of Topliss-reactive ketones (excluding diaryl/α,β-unsaturated/α-hetero) is 1. The summed E-state index contributed by atoms with van der Waals surface area (Å²) in [5.74, 6) is -0.414. The van der Waals surface area contributed by atoms with Crippen LogP contribution in [-0.2, 0) is 10.0 Å². The van der Waals surface area contributed by atoms with Crippen molar-refractivity contribution < 1.29 is 18.0 Å². The first kappa shape index (κ1) is 18.7. The molecule has 2 rings (SSSR count). The number of sulfonamides is 1. The fourth-order valence-corrected chi connectivity index (χ4v) is 3.20. The summed E-state index contributed by atoms with van der Waals surface area (Å²) in [6, 6.07) is 11.9. The topological polar surface area (TPSA) is 92.3 Å². The van der Waals surface area contributed by atoms with Crippen LogP contribution in [0.15, 0.2) is 53.4 Å². The Bertz CT molecular complexity index is 888. The number of carbonyl (C=O) groups excluding carboxylic acids is 2. The average molecular weight is 360 g/mol. The van der Waals surface area contributed by atoms with E-state index in [1.54, 1.807) is 18.2 Å². The monoisotopic (exact) mass is 360 g/mol. The summed E-state index contributed by atoms with van der Waals surface area (Å²) in [6.07, 6.45) is 0. The van der Waals surface area contributed by atoms with Crippen LogP contribution in [0.3, 0.4) is 0 Å². The number of carbonyl (C=O) groups is 2. The van der Waals surface area contributed by atoms with E-state index in [2.05, 4.69) is 10.0 Å². The third kappa shape index (κ3) is 4.90. The predicted molar refractivity (Wildman–Crippen MR) is 96.3 cm³/mol. The minimum Gasteiger partial charge on any atom is -0.350 e. The molecule has 2 aromatic carbocycles. The SMILES string of the molecule is CC(=O)c1cccc(NS(=O)(=O)c2ccc(C(=O)NC(C)C)cc2)c1. The Kier molecular flexibility index (Phi) is 5.58. The maximum absolute atomic E-state index is 12.4. The van der Waals surface area contributed by atoms with Crippen molar-refractivity contribution in [1.82, 2.24) is 5.32 Å². The lowest BCUT2D eigenvalue weighted by atomic mass is 10.1. The molecule has 2 N–H and O–H groups in total. The number of hydrogen-bond donors (Lipinski definition) is 2. The summed E-state index contributed by atoms with van der Waals surface area (Å²) in [6.45, 7) is 5.10. The van der Waals surface area contributed by atoms with E-state index in [0.717, 1.165) is 0 Å². The maximum Gasteiger partial charge on any atom is 0.261 e. The van der Waals surface area contributed by atoms with E-state index in [0.29, 0.717) is 16.8 Å². The minimum absolute atomic E-state index is 0.00821. The van der Waals surface area contributed by atoms with E-state index in [4.69, 9.17) is 0 Å². The van der Waals surface area contributed by atoms with Gasteiger partial charge in [0.1, 0.15) is 0 Å². The molecule has 0 bridgehead atoms. The molecule has 0 spiro atoms. The lowest BCUT2D eigenvalue weighted by Crippen LogP contribution is -2.30. The molecular formula is C18H20N2O4S. The van der Waals surface area contributed by atoms with Gasteiger partial charge in [0.05, 0.1) is 4.90 Å². The largest absolute Gasteiger partial charge is 0.350 e. The van der Waals surface area contributed by atoms with Gasteiger partial charge in [0.2, 0.25) is 0 Å². The Morgan fingerprint density at radius 2 is 1.60 bits per heavy atom. The number of hydrogen-bond acceptors (Lipinski definition) is 4. The van der Waals surface area contributed by atoms with Crippen LogP contribution in [0, 0.1) is 0 Å². The third-order valence-corrected chi connectivity index (χ3v) is 4.77. The highest BCUT2D eigenvalue weighted by Crippen LogP contribution is 2.18. The minimum atomic E-state index is -3.81. The van der Waals surface area contributed by atoms with Crippen molar-refractivity contribution in [2.24, 2.45) is 0 Å². The Balaban J connectivity index is 2.21. The summed E-state index contributed by atoms with van der Waals surface area (Å²) in [5.41, 5.74) is 1.10. The first-order valence-corrected chi connectivity index (χ1v) is 9.22. The second-order valence-electron chi connectivity index (χ2n) is 5.90. The van der Waals surface area contributed by atoms with E-state index in [1.807, 2.05) is 13.8 Å². The Morgan fingerprint density at radius 3 is 2.16 bits per heavy atom. The van der Waals surface area contributed by atoms with Crippen molar-refractivity contribution >= 4 is 27.4 Å². The second kappa shape index (κ2) is 7.48. The van der Waals surface area contributed by atoms with Crippen LogP contribution in [-0.4, -0.2) is 26.2 Å². The zero-order valence-electron chi connectivity index (χ0n) is 14.2. The number of amides is 1. The maximum atomic E-state index is 12.4. The normalized spacial score (nSPS) is 11.2. The molecule has 0 unspecified atom stereocenters. The summed E-state index contributed by atoms with van der Waals surface area (Å²) < 4.78 is 27.3. The lowest BCUT2D eigenvalue weighted by molar-refractivity contribution is 0.0942. The number of nitrogens with one attached hydrogen (secondary N) is 2. The first-order valence-electron chi connectivity index (χ1n) is 7.74. The molecule has 2 aromatic rings. The van der Waals surface area contributed by atoms with E-state index in [-0.39, 0.29) is 22.6 Å². The summed E-state index contributed by atoms with van der Waals surface area (Å²) >= 11 is 0. The van der Waals surface area contributed by atoms with Crippen molar-refractivity contribution in [2.45, 2.75) is 31.7 Å². The summed E-state index contributed by atoms with van der Waals surface area (Å²) in [5, 5.41) is 2.74. The fourth-order valence-electron chi connectivity index (χ4n) is 2.15.